The van der Waals surface area contributed by atoms with Gasteiger partial charge < -0.3 is 15.4 Å². The van der Waals surface area contributed by atoms with Gasteiger partial charge in [0, 0.05) is 19.5 Å². The van der Waals surface area contributed by atoms with E-state index in [0.29, 0.717) is 12.3 Å². The van der Waals surface area contributed by atoms with Gasteiger partial charge in [-0.3, -0.25) is 5.32 Å². The quantitative estimate of drug-likeness (QED) is 0.414. The van der Waals surface area contributed by atoms with E-state index in [4.69, 9.17) is 5.73 Å². The highest BCUT2D eigenvalue weighted by Gasteiger charge is 2.16. The molecule has 0 spiro atoms. The van der Waals surface area contributed by atoms with Crippen molar-refractivity contribution in [2.45, 2.75) is 19.3 Å². The standard InChI is InChI=1S/C10H16N4O3/c11-9(16)13-10(17)12-7-14-4-1-8(2-5-14)3-6-15/h6-8H,1-5H2,(H3,11,13,16,17)/b12-7+. The second kappa shape index (κ2) is 6.62. The molecule has 94 valence electrons. The lowest BCUT2D eigenvalue weighted by Gasteiger charge is -2.29. The lowest BCUT2D eigenvalue weighted by Crippen LogP contribution is -2.35. The summed E-state index contributed by atoms with van der Waals surface area (Å²) in [5.41, 5.74) is 4.76. The van der Waals surface area contributed by atoms with Crippen molar-refractivity contribution in [1.82, 2.24) is 10.2 Å². The molecule has 0 unspecified atom stereocenters. The van der Waals surface area contributed by atoms with Gasteiger partial charge in [-0.25, -0.2) is 9.59 Å². The molecule has 3 N–H and O–H groups in total. The molecule has 1 aliphatic rings. The number of hydrogen-bond acceptors (Lipinski definition) is 3. The van der Waals surface area contributed by atoms with E-state index in [1.54, 1.807) is 0 Å². The van der Waals surface area contributed by atoms with E-state index in [1.165, 1.54) is 6.34 Å². The normalized spacial score (nSPS) is 17.1. The first-order valence-corrected chi connectivity index (χ1v) is 5.44. The van der Waals surface area contributed by atoms with E-state index in [1.807, 2.05) is 10.2 Å². The van der Waals surface area contributed by atoms with Crippen molar-refractivity contribution in [2.24, 2.45) is 16.6 Å². The fourth-order valence-electron chi connectivity index (χ4n) is 1.71. The SMILES string of the molecule is NC(=O)NC(=O)/N=C/N1CCC(CC=O)CC1. The number of imide groups is 1. The highest BCUT2D eigenvalue weighted by molar-refractivity contribution is 5.95. The zero-order valence-corrected chi connectivity index (χ0v) is 9.46. The van der Waals surface area contributed by atoms with Crippen LogP contribution < -0.4 is 11.1 Å². The predicted molar refractivity (Wildman–Crippen MR) is 61.6 cm³/mol. The summed E-state index contributed by atoms with van der Waals surface area (Å²) in [6, 6.07) is -1.69. The first-order valence-electron chi connectivity index (χ1n) is 5.44. The number of amides is 4. The van der Waals surface area contributed by atoms with Crippen LogP contribution in [-0.4, -0.2) is 42.7 Å². The number of carbonyl (C=O) groups is 3. The van der Waals surface area contributed by atoms with Crippen molar-refractivity contribution in [3.05, 3.63) is 0 Å². The van der Waals surface area contributed by atoms with Crippen LogP contribution in [0.5, 0.6) is 0 Å². The topological polar surface area (TPSA) is 105 Å². The van der Waals surface area contributed by atoms with Crippen molar-refractivity contribution in [2.75, 3.05) is 13.1 Å². The molecule has 1 heterocycles. The first-order chi connectivity index (χ1) is 8.11. The number of hydrogen-bond donors (Lipinski definition) is 2. The zero-order valence-electron chi connectivity index (χ0n) is 9.46. The smallest absolute Gasteiger partial charge is 0.350 e. The highest BCUT2D eigenvalue weighted by Crippen LogP contribution is 2.18. The second-order valence-electron chi connectivity index (χ2n) is 3.92. The van der Waals surface area contributed by atoms with E-state index in [9.17, 15) is 14.4 Å². The molecule has 0 aliphatic carbocycles. The van der Waals surface area contributed by atoms with Crippen LogP contribution in [0.15, 0.2) is 4.99 Å². The average Bonchev–Trinajstić information content (AvgIpc) is 2.28. The Morgan fingerprint density at radius 1 is 1.41 bits per heavy atom. The minimum atomic E-state index is -0.920. The Bertz CT molecular complexity index is 322. The third kappa shape index (κ3) is 5.10. The number of urea groups is 2. The van der Waals surface area contributed by atoms with Crippen LogP contribution in [0.25, 0.3) is 0 Å². The molecule has 0 radical (unpaired) electrons. The van der Waals surface area contributed by atoms with Crippen LogP contribution in [0.4, 0.5) is 9.59 Å². The van der Waals surface area contributed by atoms with E-state index in [2.05, 4.69) is 4.99 Å². The number of rotatable bonds is 3. The van der Waals surface area contributed by atoms with Gasteiger partial charge in [0.25, 0.3) is 0 Å². The maximum Gasteiger partial charge on any atom is 0.350 e. The number of aldehydes is 1. The fraction of sp³-hybridized carbons (Fsp3) is 0.600. The minimum absolute atomic E-state index is 0.427. The van der Waals surface area contributed by atoms with Crippen LogP contribution in [0, 0.1) is 5.92 Å². The molecule has 1 aliphatic heterocycles. The molecule has 0 aromatic rings. The number of carbonyl (C=O) groups excluding carboxylic acids is 3. The first kappa shape index (κ1) is 13.1. The number of nitrogens with two attached hydrogens (primary N) is 1. The molecular formula is C10H16N4O3. The van der Waals surface area contributed by atoms with Gasteiger partial charge in [-0.15, -0.1) is 0 Å². The summed E-state index contributed by atoms with van der Waals surface area (Å²) in [6.07, 6.45) is 4.74. The summed E-state index contributed by atoms with van der Waals surface area (Å²) in [5.74, 6) is 0.427. The van der Waals surface area contributed by atoms with Crippen LogP contribution in [0.1, 0.15) is 19.3 Å². The number of likely N-dealkylation sites (tertiary alicyclic amines) is 1. The molecule has 0 saturated carbocycles. The van der Waals surface area contributed by atoms with Crippen LogP contribution in [0.3, 0.4) is 0 Å². The molecule has 4 amide bonds. The number of piperidine rings is 1. The van der Waals surface area contributed by atoms with Gasteiger partial charge in [0.2, 0.25) is 0 Å². The maximum atomic E-state index is 11.0. The average molecular weight is 240 g/mol. The van der Waals surface area contributed by atoms with Crippen molar-refractivity contribution in [3.8, 4) is 0 Å². The molecule has 0 aromatic carbocycles. The van der Waals surface area contributed by atoms with E-state index >= 15 is 0 Å². The molecule has 0 aromatic heterocycles. The van der Waals surface area contributed by atoms with E-state index in [0.717, 1.165) is 32.2 Å². The number of nitrogens with one attached hydrogen (secondary N) is 1. The lowest BCUT2D eigenvalue weighted by molar-refractivity contribution is -0.108. The summed E-state index contributed by atoms with van der Waals surface area (Å²) in [6.45, 7) is 1.51. The molecule has 1 fully saturated rings. The van der Waals surface area contributed by atoms with Crippen molar-refractivity contribution in [3.63, 3.8) is 0 Å². The molecule has 1 saturated heterocycles. The van der Waals surface area contributed by atoms with Gasteiger partial charge in [0.15, 0.2) is 0 Å². The molecule has 17 heavy (non-hydrogen) atoms. The second-order valence-corrected chi connectivity index (χ2v) is 3.92. The summed E-state index contributed by atoms with van der Waals surface area (Å²) in [4.78, 5) is 37.1. The Morgan fingerprint density at radius 3 is 2.59 bits per heavy atom. The number of nitrogens with zero attached hydrogens (tertiary/aromatic N) is 2. The van der Waals surface area contributed by atoms with Crippen molar-refractivity contribution in [1.29, 1.82) is 0 Å². The molecule has 7 nitrogen and oxygen atoms in total. The zero-order chi connectivity index (χ0) is 12.7. The van der Waals surface area contributed by atoms with Crippen LogP contribution in [-0.2, 0) is 4.79 Å². The van der Waals surface area contributed by atoms with Gasteiger partial charge in [0.05, 0.1) is 6.34 Å². The van der Waals surface area contributed by atoms with E-state index in [-0.39, 0.29) is 0 Å². The molecule has 0 bridgehead atoms. The summed E-state index contributed by atoms with van der Waals surface area (Å²) >= 11 is 0. The van der Waals surface area contributed by atoms with Crippen molar-refractivity contribution >= 4 is 24.7 Å². The highest BCUT2D eigenvalue weighted by atomic mass is 16.2. The molecule has 7 heteroatoms. The molecular weight excluding hydrogens is 224 g/mol. The Morgan fingerprint density at radius 2 is 2.06 bits per heavy atom. The third-order valence-corrected chi connectivity index (χ3v) is 2.65. The van der Waals surface area contributed by atoms with Crippen molar-refractivity contribution < 1.29 is 14.4 Å². The Labute approximate surface area is 99.0 Å². The van der Waals surface area contributed by atoms with Gasteiger partial charge >= 0.3 is 12.1 Å². The van der Waals surface area contributed by atoms with Crippen LogP contribution >= 0.6 is 0 Å². The number of primary amides is 1. The van der Waals surface area contributed by atoms with Gasteiger partial charge in [-0.2, -0.15) is 4.99 Å². The summed E-state index contributed by atoms with van der Waals surface area (Å²) in [5, 5.41) is 1.84. The Balaban J connectivity index is 2.30. The third-order valence-electron chi connectivity index (χ3n) is 2.65. The fourth-order valence-corrected chi connectivity index (χ4v) is 1.71. The summed E-state index contributed by atoms with van der Waals surface area (Å²) in [7, 11) is 0. The number of aliphatic imine (C=N–C) groups is 1. The Kier molecular flexibility index (Phi) is 5.12. The van der Waals surface area contributed by atoms with Crippen LogP contribution in [0.2, 0.25) is 0 Å². The lowest BCUT2D eigenvalue weighted by atomic mass is 9.95. The molecule has 1 rings (SSSR count). The minimum Gasteiger partial charge on any atom is -0.362 e. The Hall–Kier alpha value is -1.92. The molecule has 0 atom stereocenters. The van der Waals surface area contributed by atoms with Gasteiger partial charge in [-0.1, -0.05) is 0 Å². The van der Waals surface area contributed by atoms with Gasteiger partial charge in [-0.05, 0) is 18.8 Å². The monoisotopic (exact) mass is 240 g/mol. The maximum absolute atomic E-state index is 11.0. The largest absolute Gasteiger partial charge is 0.362 e. The van der Waals surface area contributed by atoms with E-state index < -0.39 is 12.1 Å². The van der Waals surface area contributed by atoms with Gasteiger partial charge in [0.1, 0.15) is 6.29 Å². The summed E-state index contributed by atoms with van der Waals surface area (Å²) < 4.78 is 0. The predicted octanol–water partition coefficient (Wildman–Crippen LogP) is 0.104.